The molecule has 0 saturated heterocycles. The Labute approximate surface area is 230 Å². The minimum Gasteiger partial charge on any atom is -0.354 e. The van der Waals surface area contributed by atoms with E-state index in [9.17, 15) is 22.4 Å². The Morgan fingerprint density at radius 2 is 1.56 bits per heavy atom. The van der Waals surface area contributed by atoms with Gasteiger partial charge in [-0.15, -0.1) is 0 Å². The number of nitrogens with zero attached hydrogens (tertiary/aromatic N) is 2. The van der Waals surface area contributed by atoms with Gasteiger partial charge in [0.25, 0.3) is 10.0 Å². The molecule has 0 bridgehead atoms. The zero-order chi connectivity index (χ0) is 28.4. The lowest BCUT2D eigenvalue weighted by atomic mass is 10.1. The maximum atomic E-state index is 13.9. The van der Waals surface area contributed by atoms with E-state index >= 15 is 0 Å². The first-order valence-corrected chi connectivity index (χ1v) is 14.6. The average Bonchev–Trinajstić information content (AvgIpc) is 2.95. The van der Waals surface area contributed by atoms with Gasteiger partial charge in [-0.05, 0) is 61.2 Å². The molecule has 3 rings (SSSR count). The molecule has 0 aliphatic heterocycles. The summed E-state index contributed by atoms with van der Waals surface area (Å²) in [5.41, 5.74) is 1.78. The van der Waals surface area contributed by atoms with E-state index in [4.69, 9.17) is 0 Å². The molecule has 0 aliphatic carbocycles. The van der Waals surface area contributed by atoms with Crippen LogP contribution in [0.1, 0.15) is 44.7 Å². The number of carbonyl (C=O) groups excluding carboxylic acids is 2. The van der Waals surface area contributed by atoms with E-state index < -0.39 is 34.3 Å². The summed E-state index contributed by atoms with van der Waals surface area (Å²) in [5.74, 6) is -1.31. The standard InChI is InChI=1S/C30H36FN3O4S/c1-4-6-20-32-30(36)23(3)33(21-24-16-18-26(31)19-17-24)29(35)22-34(28-15-11-10-12-25(28)5-2)39(37,38)27-13-8-7-9-14-27/h7-19,23H,4-6,20-22H2,1-3H3,(H,32,36)/t23-/m0/s1. The molecule has 0 aromatic heterocycles. The van der Waals surface area contributed by atoms with Gasteiger partial charge >= 0.3 is 0 Å². The third-order valence-corrected chi connectivity index (χ3v) is 8.29. The van der Waals surface area contributed by atoms with Crippen LogP contribution in [0, 0.1) is 5.82 Å². The number of halogens is 1. The van der Waals surface area contributed by atoms with Crippen molar-refractivity contribution in [2.45, 2.75) is 57.5 Å². The largest absolute Gasteiger partial charge is 0.354 e. The lowest BCUT2D eigenvalue weighted by Gasteiger charge is -2.32. The van der Waals surface area contributed by atoms with Crippen LogP contribution in [-0.4, -0.2) is 44.3 Å². The first-order chi connectivity index (χ1) is 18.7. The van der Waals surface area contributed by atoms with Crippen LogP contribution < -0.4 is 9.62 Å². The minimum atomic E-state index is -4.12. The number of sulfonamides is 1. The summed E-state index contributed by atoms with van der Waals surface area (Å²) in [4.78, 5) is 28.3. The van der Waals surface area contributed by atoms with Gasteiger partial charge in [0.15, 0.2) is 0 Å². The van der Waals surface area contributed by atoms with E-state index in [-0.39, 0.29) is 17.3 Å². The summed E-state index contributed by atoms with van der Waals surface area (Å²) in [5, 5.41) is 2.85. The molecule has 2 amide bonds. The first kappa shape index (κ1) is 29.8. The molecular formula is C30H36FN3O4S. The third kappa shape index (κ3) is 7.66. The number of aryl methyl sites for hydroxylation is 1. The van der Waals surface area contributed by atoms with E-state index in [1.807, 2.05) is 26.0 Å². The number of nitrogens with one attached hydrogen (secondary N) is 1. The summed E-state index contributed by atoms with van der Waals surface area (Å²) in [7, 11) is -4.12. The maximum absolute atomic E-state index is 13.9. The molecule has 0 fully saturated rings. The summed E-state index contributed by atoms with van der Waals surface area (Å²) in [6, 6.07) is 19.8. The Bertz CT molecular complexity index is 1350. The van der Waals surface area contributed by atoms with Crippen LogP contribution in [0.2, 0.25) is 0 Å². The van der Waals surface area contributed by atoms with Gasteiger partial charge in [0, 0.05) is 13.1 Å². The van der Waals surface area contributed by atoms with E-state index in [1.165, 1.54) is 29.2 Å². The van der Waals surface area contributed by atoms with E-state index in [0.29, 0.717) is 24.2 Å². The zero-order valence-electron chi connectivity index (χ0n) is 22.6. The molecule has 1 N–H and O–H groups in total. The SMILES string of the molecule is CCCCNC(=O)[C@H](C)N(Cc1ccc(F)cc1)C(=O)CN(c1ccccc1CC)S(=O)(=O)c1ccccc1. The van der Waals surface area contributed by atoms with Crippen molar-refractivity contribution in [2.75, 3.05) is 17.4 Å². The van der Waals surface area contributed by atoms with Crippen molar-refractivity contribution in [3.8, 4) is 0 Å². The van der Waals surface area contributed by atoms with Gasteiger partial charge in [0.2, 0.25) is 11.8 Å². The number of amides is 2. The molecule has 39 heavy (non-hydrogen) atoms. The van der Waals surface area contributed by atoms with Crippen LogP contribution in [0.15, 0.2) is 83.8 Å². The Morgan fingerprint density at radius 1 is 0.923 bits per heavy atom. The summed E-state index contributed by atoms with van der Waals surface area (Å²) in [6.45, 7) is 5.50. The molecule has 208 valence electrons. The lowest BCUT2D eigenvalue weighted by molar-refractivity contribution is -0.139. The third-order valence-electron chi connectivity index (χ3n) is 6.51. The fourth-order valence-electron chi connectivity index (χ4n) is 4.19. The zero-order valence-corrected chi connectivity index (χ0v) is 23.5. The smallest absolute Gasteiger partial charge is 0.264 e. The lowest BCUT2D eigenvalue weighted by Crippen LogP contribution is -2.51. The van der Waals surface area contributed by atoms with Crippen LogP contribution in [0.5, 0.6) is 0 Å². The van der Waals surface area contributed by atoms with Gasteiger partial charge in [0.1, 0.15) is 18.4 Å². The molecule has 0 saturated carbocycles. The van der Waals surface area contributed by atoms with Crippen molar-refractivity contribution in [3.63, 3.8) is 0 Å². The number of para-hydroxylation sites is 1. The molecule has 9 heteroatoms. The predicted molar refractivity (Wildman–Crippen MR) is 151 cm³/mol. The number of rotatable bonds is 13. The minimum absolute atomic E-state index is 0.0100. The van der Waals surface area contributed by atoms with Crippen molar-refractivity contribution in [1.29, 1.82) is 0 Å². The van der Waals surface area contributed by atoms with Crippen LogP contribution >= 0.6 is 0 Å². The molecule has 0 heterocycles. The monoisotopic (exact) mass is 553 g/mol. The Morgan fingerprint density at radius 3 is 2.21 bits per heavy atom. The normalized spacial score (nSPS) is 12.0. The first-order valence-electron chi connectivity index (χ1n) is 13.2. The summed E-state index contributed by atoms with van der Waals surface area (Å²) < 4.78 is 42.4. The van der Waals surface area contributed by atoms with E-state index in [1.54, 1.807) is 49.4 Å². The Hall–Kier alpha value is -3.72. The van der Waals surface area contributed by atoms with Crippen LogP contribution in [-0.2, 0) is 32.6 Å². The quantitative estimate of drug-likeness (QED) is 0.305. The number of carbonyl (C=O) groups is 2. The molecule has 3 aromatic carbocycles. The molecular weight excluding hydrogens is 517 g/mol. The Kier molecular flexibility index (Phi) is 10.6. The second-order valence-corrected chi connectivity index (χ2v) is 11.1. The second-order valence-electron chi connectivity index (χ2n) is 9.28. The van der Waals surface area contributed by atoms with Crippen LogP contribution in [0.25, 0.3) is 0 Å². The fourth-order valence-corrected chi connectivity index (χ4v) is 5.66. The number of unbranched alkanes of at least 4 members (excludes halogenated alkanes) is 1. The number of hydrogen-bond donors (Lipinski definition) is 1. The maximum Gasteiger partial charge on any atom is 0.264 e. The van der Waals surface area contributed by atoms with Crippen molar-refractivity contribution in [2.24, 2.45) is 0 Å². The van der Waals surface area contributed by atoms with Crippen molar-refractivity contribution < 1.29 is 22.4 Å². The molecule has 0 spiro atoms. The molecule has 0 aliphatic rings. The summed E-state index contributed by atoms with van der Waals surface area (Å²) in [6.07, 6.45) is 2.25. The molecule has 3 aromatic rings. The average molecular weight is 554 g/mol. The van der Waals surface area contributed by atoms with Crippen molar-refractivity contribution >= 4 is 27.5 Å². The van der Waals surface area contributed by atoms with E-state index in [2.05, 4.69) is 5.32 Å². The van der Waals surface area contributed by atoms with Gasteiger partial charge in [-0.25, -0.2) is 12.8 Å². The molecule has 7 nitrogen and oxygen atoms in total. The van der Waals surface area contributed by atoms with Gasteiger partial charge < -0.3 is 10.2 Å². The number of hydrogen-bond acceptors (Lipinski definition) is 4. The van der Waals surface area contributed by atoms with Crippen molar-refractivity contribution in [3.05, 3.63) is 95.8 Å². The molecule has 0 radical (unpaired) electrons. The van der Waals surface area contributed by atoms with Crippen LogP contribution in [0.3, 0.4) is 0 Å². The second kappa shape index (κ2) is 13.9. The molecule has 1 atom stereocenters. The van der Waals surface area contributed by atoms with Gasteiger partial charge in [-0.2, -0.15) is 0 Å². The van der Waals surface area contributed by atoms with Crippen molar-refractivity contribution in [1.82, 2.24) is 10.2 Å². The highest BCUT2D eigenvalue weighted by Gasteiger charge is 2.33. The molecule has 0 unspecified atom stereocenters. The number of benzene rings is 3. The fraction of sp³-hybridized carbons (Fsp3) is 0.333. The van der Waals surface area contributed by atoms with Gasteiger partial charge in [-0.3, -0.25) is 13.9 Å². The summed E-state index contributed by atoms with van der Waals surface area (Å²) >= 11 is 0. The highest BCUT2D eigenvalue weighted by molar-refractivity contribution is 7.92. The van der Waals surface area contributed by atoms with Gasteiger partial charge in [-0.1, -0.05) is 68.8 Å². The van der Waals surface area contributed by atoms with E-state index in [0.717, 1.165) is 22.7 Å². The topological polar surface area (TPSA) is 86.8 Å². The Balaban J connectivity index is 2.02. The van der Waals surface area contributed by atoms with Gasteiger partial charge in [0.05, 0.1) is 10.6 Å². The highest BCUT2D eigenvalue weighted by atomic mass is 32.2. The predicted octanol–water partition coefficient (Wildman–Crippen LogP) is 4.92. The number of anilines is 1. The highest BCUT2D eigenvalue weighted by Crippen LogP contribution is 2.28. The van der Waals surface area contributed by atoms with Crippen LogP contribution in [0.4, 0.5) is 10.1 Å².